The predicted octanol–water partition coefficient (Wildman–Crippen LogP) is 6.40. The average molecular weight is 466 g/mol. The number of pyridine rings is 1. The number of rotatable bonds is 6. The number of benzene rings is 1. The molecule has 2 aromatic rings. The number of aryl methyl sites for hydroxylation is 2. The molecular formula is C24H26F3NO3S. The molecule has 0 fully saturated rings. The average Bonchev–Trinajstić information content (AvgIpc) is 2.72. The summed E-state index contributed by atoms with van der Waals surface area (Å²) >= 11 is 1.34. The molecule has 0 bridgehead atoms. The Kier molecular flexibility index (Phi) is 7.22. The van der Waals surface area contributed by atoms with E-state index in [-0.39, 0.29) is 29.8 Å². The quantitative estimate of drug-likeness (QED) is 0.500. The number of aliphatic hydroxyl groups excluding tert-OH is 1. The molecule has 1 N–H and O–H groups in total. The fourth-order valence-corrected chi connectivity index (χ4v) is 5.00. The number of halogens is 3. The molecule has 1 aliphatic rings. The lowest BCUT2D eigenvalue weighted by Gasteiger charge is -2.29. The van der Waals surface area contributed by atoms with Gasteiger partial charge < -0.3 is 9.84 Å². The summed E-state index contributed by atoms with van der Waals surface area (Å²) < 4.78 is 43.5. The van der Waals surface area contributed by atoms with E-state index in [2.05, 4.69) is 4.98 Å². The van der Waals surface area contributed by atoms with Gasteiger partial charge in [0.15, 0.2) is 5.78 Å². The number of nitrogens with zero attached hydrogens (tertiary/aromatic N) is 1. The van der Waals surface area contributed by atoms with Crippen molar-refractivity contribution >= 4 is 23.1 Å². The first-order valence-electron chi connectivity index (χ1n) is 10.3. The summed E-state index contributed by atoms with van der Waals surface area (Å²) in [6.07, 6.45) is -2.93. The van der Waals surface area contributed by atoms with Crippen LogP contribution in [0.3, 0.4) is 0 Å². The van der Waals surface area contributed by atoms with E-state index in [0.717, 1.165) is 23.4 Å². The number of ether oxygens (including phenoxy) is 1. The Bertz CT molecular complexity index is 1030. The molecule has 0 spiro atoms. The first kappa shape index (κ1) is 24.2. The summed E-state index contributed by atoms with van der Waals surface area (Å²) in [5.74, 6) is 1.05. The molecule has 0 aliphatic heterocycles. The molecule has 1 aromatic heterocycles. The molecule has 0 saturated carbocycles. The largest absolute Gasteiger partial charge is 0.512 e. The molecule has 0 amide bonds. The van der Waals surface area contributed by atoms with Gasteiger partial charge >= 0.3 is 6.18 Å². The third-order valence-corrected chi connectivity index (χ3v) is 6.98. The summed E-state index contributed by atoms with van der Waals surface area (Å²) in [4.78, 5) is 16.9. The van der Waals surface area contributed by atoms with E-state index in [4.69, 9.17) is 4.74 Å². The lowest BCUT2D eigenvalue weighted by Crippen LogP contribution is -2.25. The van der Waals surface area contributed by atoms with Gasteiger partial charge in [-0.1, -0.05) is 13.0 Å². The second-order valence-corrected chi connectivity index (χ2v) is 9.28. The lowest BCUT2D eigenvalue weighted by molar-refractivity contribution is -0.137. The molecule has 1 aromatic carbocycles. The van der Waals surface area contributed by atoms with E-state index in [1.165, 1.54) is 17.8 Å². The minimum atomic E-state index is -4.41. The number of thioether (sulfide) groups is 1. The van der Waals surface area contributed by atoms with Crippen LogP contribution in [-0.2, 0) is 11.0 Å². The van der Waals surface area contributed by atoms with E-state index < -0.39 is 11.7 Å². The third-order valence-electron chi connectivity index (χ3n) is 5.75. The van der Waals surface area contributed by atoms with Crippen molar-refractivity contribution in [2.75, 3.05) is 12.9 Å². The molecule has 1 heterocycles. The van der Waals surface area contributed by atoms with Crippen LogP contribution in [-0.4, -0.2) is 28.7 Å². The summed E-state index contributed by atoms with van der Waals surface area (Å²) in [5.41, 5.74) is 2.05. The molecule has 4 nitrogen and oxygen atoms in total. The van der Waals surface area contributed by atoms with Gasteiger partial charge in [-0.15, -0.1) is 11.8 Å². The zero-order valence-electron chi connectivity index (χ0n) is 18.4. The normalized spacial score (nSPS) is 18.1. The highest BCUT2D eigenvalue weighted by Crippen LogP contribution is 2.41. The molecule has 2 atom stereocenters. The molecule has 32 heavy (non-hydrogen) atoms. The third kappa shape index (κ3) is 5.28. The van der Waals surface area contributed by atoms with Crippen LogP contribution in [0, 0.1) is 25.7 Å². The summed E-state index contributed by atoms with van der Waals surface area (Å²) in [5, 5.41) is 11.3. The smallest absolute Gasteiger partial charge is 0.417 e. The second kappa shape index (κ2) is 9.57. The lowest BCUT2D eigenvalue weighted by atomic mass is 9.78. The van der Waals surface area contributed by atoms with Crippen molar-refractivity contribution in [2.45, 2.75) is 44.8 Å². The van der Waals surface area contributed by atoms with Gasteiger partial charge in [0.2, 0.25) is 0 Å². The van der Waals surface area contributed by atoms with E-state index in [0.29, 0.717) is 34.1 Å². The van der Waals surface area contributed by atoms with Crippen LogP contribution in [0.4, 0.5) is 13.2 Å². The molecule has 8 heteroatoms. The summed E-state index contributed by atoms with van der Waals surface area (Å²) in [6.45, 7) is 5.81. The van der Waals surface area contributed by atoms with E-state index in [9.17, 15) is 23.1 Å². The van der Waals surface area contributed by atoms with Gasteiger partial charge in [0.25, 0.3) is 0 Å². The van der Waals surface area contributed by atoms with Gasteiger partial charge in [-0.3, -0.25) is 4.79 Å². The Morgan fingerprint density at radius 1 is 1.25 bits per heavy atom. The number of Topliss-reactive ketones (excluding diaryl/α,β-unsaturated/α-hetero) is 1. The highest BCUT2D eigenvalue weighted by molar-refractivity contribution is 7.99. The first-order chi connectivity index (χ1) is 15.0. The number of carbonyl (C=O) groups excluding carboxylic acids is 1. The van der Waals surface area contributed by atoms with Crippen LogP contribution in [0.25, 0.3) is 5.57 Å². The molecule has 0 saturated heterocycles. The topological polar surface area (TPSA) is 59.4 Å². The SMILES string of the molecule is COc1cc(C)cc(C)c1C1=C(O)CC(C(C)CSc2ccc(C(F)(F)F)cn2)CC1=O. The molecule has 2 unspecified atom stereocenters. The molecular weight excluding hydrogens is 439 g/mol. The molecule has 0 radical (unpaired) electrons. The zero-order valence-corrected chi connectivity index (χ0v) is 19.2. The van der Waals surface area contributed by atoms with Crippen LogP contribution < -0.4 is 4.74 Å². The number of hydrogen-bond donors (Lipinski definition) is 1. The van der Waals surface area contributed by atoms with Gasteiger partial charge in [-0.05, 0) is 55.0 Å². The van der Waals surface area contributed by atoms with Gasteiger partial charge in [-0.2, -0.15) is 13.2 Å². The van der Waals surface area contributed by atoms with Crippen molar-refractivity contribution in [3.05, 3.63) is 58.5 Å². The van der Waals surface area contributed by atoms with Crippen molar-refractivity contribution in [2.24, 2.45) is 11.8 Å². The Labute approximate surface area is 189 Å². The number of methoxy groups -OCH3 is 1. The van der Waals surface area contributed by atoms with Crippen LogP contribution in [0.1, 0.15) is 42.0 Å². The van der Waals surface area contributed by atoms with Crippen molar-refractivity contribution in [1.82, 2.24) is 4.98 Å². The molecule has 1 aliphatic carbocycles. The maximum atomic E-state index is 13.0. The Hall–Kier alpha value is -2.48. The fourth-order valence-electron chi connectivity index (χ4n) is 4.01. The maximum absolute atomic E-state index is 13.0. The van der Waals surface area contributed by atoms with Gasteiger partial charge in [0, 0.05) is 30.4 Å². The van der Waals surface area contributed by atoms with E-state index in [1.807, 2.05) is 32.9 Å². The number of hydrogen-bond acceptors (Lipinski definition) is 5. The molecule has 172 valence electrons. The standard InChI is InChI=1S/C24H26F3NO3S/c1-13-7-14(2)22(20(8-13)31-4)23-18(29)9-16(10-19(23)30)15(3)12-32-21-6-5-17(11-28-21)24(25,26)27/h5-8,11,15-16,29H,9-10,12H2,1-4H3. The van der Waals surface area contributed by atoms with E-state index >= 15 is 0 Å². The number of ketones is 1. The van der Waals surface area contributed by atoms with Crippen LogP contribution in [0.15, 0.2) is 41.2 Å². The van der Waals surface area contributed by atoms with E-state index in [1.54, 1.807) is 7.11 Å². The van der Waals surface area contributed by atoms with Crippen molar-refractivity contribution in [3.63, 3.8) is 0 Å². The number of alkyl halides is 3. The number of aromatic nitrogens is 1. The first-order valence-corrected chi connectivity index (χ1v) is 11.3. The number of allylic oxidation sites excluding steroid dienone is 2. The Morgan fingerprint density at radius 2 is 1.97 bits per heavy atom. The second-order valence-electron chi connectivity index (χ2n) is 8.24. The van der Waals surface area contributed by atoms with Crippen LogP contribution in [0.2, 0.25) is 0 Å². The van der Waals surface area contributed by atoms with Crippen molar-refractivity contribution in [1.29, 1.82) is 0 Å². The highest BCUT2D eigenvalue weighted by atomic mass is 32.2. The van der Waals surface area contributed by atoms with Crippen LogP contribution in [0.5, 0.6) is 5.75 Å². The maximum Gasteiger partial charge on any atom is 0.417 e. The minimum absolute atomic E-state index is 0.0535. The minimum Gasteiger partial charge on any atom is -0.512 e. The number of carbonyl (C=O) groups is 1. The Balaban J connectivity index is 1.72. The van der Waals surface area contributed by atoms with Gasteiger partial charge in [0.05, 0.1) is 23.3 Å². The number of aliphatic hydroxyl groups is 1. The van der Waals surface area contributed by atoms with Crippen molar-refractivity contribution in [3.8, 4) is 5.75 Å². The van der Waals surface area contributed by atoms with Gasteiger partial charge in [0.1, 0.15) is 11.5 Å². The summed E-state index contributed by atoms with van der Waals surface area (Å²) in [7, 11) is 1.54. The Morgan fingerprint density at radius 3 is 2.53 bits per heavy atom. The summed E-state index contributed by atoms with van der Waals surface area (Å²) in [6, 6.07) is 6.17. The highest BCUT2D eigenvalue weighted by Gasteiger charge is 2.34. The van der Waals surface area contributed by atoms with Crippen molar-refractivity contribution < 1.29 is 27.8 Å². The predicted molar refractivity (Wildman–Crippen MR) is 119 cm³/mol. The fraction of sp³-hybridized carbons (Fsp3) is 0.417. The van der Waals surface area contributed by atoms with Crippen LogP contribution >= 0.6 is 11.8 Å². The monoisotopic (exact) mass is 465 g/mol. The van der Waals surface area contributed by atoms with Gasteiger partial charge in [-0.25, -0.2) is 4.98 Å². The zero-order chi connectivity index (χ0) is 23.6. The molecule has 3 rings (SSSR count).